The fourth-order valence-electron chi connectivity index (χ4n) is 3.94. The normalized spacial score (nSPS) is 22.6. The second-order valence-corrected chi connectivity index (χ2v) is 7.02. The van der Waals surface area contributed by atoms with Crippen LogP contribution in [0.1, 0.15) is 52.0 Å². The molecule has 2 atom stereocenters. The highest BCUT2D eigenvalue weighted by Crippen LogP contribution is 2.34. The van der Waals surface area contributed by atoms with E-state index in [0.717, 1.165) is 31.2 Å². The summed E-state index contributed by atoms with van der Waals surface area (Å²) in [6.07, 6.45) is 3.48. The van der Waals surface area contributed by atoms with Gasteiger partial charge in [0.15, 0.2) is 5.78 Å². The summed E-state index contributed by atoms with van der Waals surface area (Å²) in [7, 11) is 1.83. The van der Waals surface area contributed by atoms with Gasteiger partial charge in [0.2, 0.25) is 0 Å². The fourth-order valence-corrected chi connectivity index (χ4v) is 3.94. The molecule has 2 aromatic carbocycles. The Morgan fingerprint density at radius 1 is 1.00 bits per heavy atom. The van der Waals surface area contributed by atoms with Crippen LogP contribution in [-0.2, 0) is 0 Å². The highest BCUT2D eigenvalue weighted by Gasteiger charge is 2.45. The van der Waals surface area contributed by atoms with Crippen LogP contribution < -0.4 is 10.6 Å². The Hall–Kier alpha value is -2.46. The van der Waals surface area contributed by atoms with Gasteiger partial charge in [-0.25, -0.2) is 0 Å². The standard InChI is InChI=1S/C22H26N2O2/c1-16-10-6-7-13-18(16)21(26)24-22(23-2)15-9-8-14-19(22)20(25)17-11-4-3-5-12-17/h3-7,10-13,19,23H,8-9,14-15H2,1-2H3,(H,24,26). The molecule has 1 aliphatic rings. The summed E-state index contributed by atoms with van der Waals surface area (Å²) >= 11 is 0. The molecule has 136 valence electrons. The van der Waals surface area contributed by atoms with E-state index in [2.05, 4.69) is 10.6 Å². The van der Waals surface area contributed by atoms with Crippen LogP contribution in [0, 0.1) is 12.8 Å². The number of carbonyl (C=O) groups excluding carboxylic acids is 2. The maximum atomic E-state index is 13.2. The van der Waals surface area contributed by atoms with Gasteiger partial charge in [-0.15, -0.1) is 0 Å². The third-order valence-corrected chi connectivity index (χ3v) is 5.46. The monoisotopic (exact) mass is 350 g/mol. The summed E-state index contributed by atoms with van der Waals surface area (Å²) in [5.41, 5.74) is 1.56. The molecule has 0 bridgehead atoms. The third kappa shape index (κ3) is 3.56. The number of hydrogen-bond donors (Lipinski definition) is 2. The number of carbonyl (C=O) groups is 2. The van der Waals surface area contributed by atoms with Crippen LogP contribution in [0.4, 0.5) is 0 Å². The molecule has 1 fully saturated rings. The second kappa shape index (κ2) is 7.83. The fraction of sp³-hybridized carbons (Fsp3) is 0.364. The van der Waals surface area contributed by atoms with Crippen LogP contribution in [0.5, 0.6) is 0 Å². The van der Waals surface area contributed by atoms with E-state index < -0.39 is 5.66 Å². The minimum atomic E-state index is -0.718. The average Bonchev–Trinajstić information content (AvgIpc) is 2.68. The Morgan fingerprint density at radius 3 is 2.38 bits per heavy atom. The quantitative estimate of drug-likeness (QED) is 0.638. The smallest absolute Gasteiger partial charge is 0.253 e. The highest BCUT2D eigenvalue weighted by molar-refractivity contribution is 6.00. The van der Waals surface area contributed by atoms with Crippen molar-refractivity contribution >= 4 is 11.7 Å². The van der Waals surface area contributed by atoms with Gasteiger partial charge in [0.25, 0.3) is 5.91 Å². The third-order valence-electron chi connectivity index (χ3n) is 5.46. The van der Waals surface area contributed by atoms with Crippen molar-refractivity contribution < 1.29 is 9.59 Å². The van der Waals surface area contributed by atoms with E-state index in [1.165, 1.54) is 0 Å². The molecule has 3 rings (SSSR count). The molecule has 0 saturated heterocycles. The zero-order valence-corrected chi connectivity index (χ0v) is 15.4. The SMILES string of the molecule is CNC1(NC(=O)c2ccccc2C)CCCCC1C(=O)c1ccccc1. The maximum Gasteiger partial charge on any atom is 0.253 e. The minimum absolute atomic E-state index is 0.0877. The zero-order valence-electron chi connectivity index (χ0n) is 15.4. The van der Waals surface area contributed by atoms with Crippen molar-refractivity contribution in [1.29, 1.82) is 0 Å². The minimum Gasteiger partial charge on any atom is -0.333 e. The molecule has 2 N–H and O–H groups in total. The molecule has 2 unspecified atom stereocenters. The average molecular weight is 350 g/mol. The van der Waals surface area contributed by atoms with Gasteiger partial charge in [-0.3, -0.25) is 14.9 Å². The summed E-state index contributed by atoms with van der Waals surface area (Å²) in [5.74, 6) is -0.327. The molecule has 0 aromatic heterocycles. The molecule has 4 heteroatoms. The summed E-state index contributed by atoms with van der Waals surface area (Å²) in [6.45, 7) is 1.93. The van der Waals surface area contributed by atoms with E-state index in [1.54, 1.807) is 0 Å². The van der Waals surface area contributed by atoms with Gasteiger partial charge in [-0.1, -0.05) is 55.0 Å². The molecule has 0 spiro atoms. The number of benzene rings is 2. The van der Waals surface area contributed by atoms with Crippen LogP contribution in [0.3, 0.4) is 0 Å². The zero-order chi connectivity index (χ0) is 18.6. The van der Waals surface area contributed by atoms with E-state index in [1.807, 2.05) is 68.6 Å². The summed E-state index contributed by atoms with van der Waals surface area (Å²) in [5, 5.41) is 6.45. The lowest BCUT2D eigenvalue weighted by Gasteiger charge is -2.44. The first-order valence-electron chi connectivity index (χ1n) is 9.24. The second-order valence-electron chi connectivity index (χ2n) is 7.02. The lowest BCUT2D eigenvalue weighted by atomic mass is 9.74. The van der Waals surface area contributed by atoms with Gasteiger partial charge in [-0.05, 0) is 44.9 Å². The molecule has 0 radical (unpaired) electrons. The Morgan fingerprint density at radius 2 is 1.69 bits per heavy atom. The number of ketones is 1. The highest BCUT2D eigenvalue weighted by atomic mass is 16.2. The van der Waals surface area contributed by atoms with Gasteiger partial charge >= 0.3 is 0 Å². The lowest BCUT2D eigenvalue weighted by molar-refractivity contribution is 0.0589. The van der Waals surface area contributed by atoms with E-state index in [9.17, 15) is 9.59 Å². The van der Waals surface area contributed by atoms with Crippen LogP contribution in [0.25, 0.3) is 0 Å². The van der Waals surface area contributed by atoms with E-state index in [-0.39, 0.29) is 17.6 Å². The number of rotatable bonds is 5. The number of Topliss-reactive ketones (excluding diaryl/α,β-unsaturated/α-hetero) is 1. The van der Waals surface area contributed by atoms with Crippen molar-refractivity contribution in [2.45, 2.75) is 38.3 Å². The molecule has 1 aliphatic carbocycles. The molecule has 4 nitrogen and oxygen atoms in total. The van der Waals surface area contributed by atoms with Crippen molar-refractivity contribution in [3.63, 3.8) is 0 Å². The summed E-state index contributed by atoms with van der Waals surface area (Å²) in [6, 6.07) is 16.9. The topological polar surface area (TPSA) is 58.2 Å². The van der Waals surface area contributed by atoms with Crippen LogP contribution in [0.15, 0.2) is 54.6 Å². The Balaban J connectivity index is 1.90. The van der Waals surface area contributed by atoms with Gasteiger partial charge in [0.1, 0.15) is 5.66 Å². The molecule has 0 aliphatic heterocycles. The predicted octanol–water partition coefficient (Wildman–Crippen LogP) is 3.71. The molecular weight excluding hydrogens is 324 g/mol. The van der Waals surface area contributed by atoms with Crippen LogP contribution in [0.2, 0.25) is 0 Å². The molecule has 1 saturated carbocycles. The number of hydrogen-bond acceptors (Lipinski definition) is 3. The predicted molar refractivity (Wildman–Crippen MR) is 103 cm³/mol. The first kappa shape index (κ1) is 18.3. The van der Waals surface area contributed by atoms with Crippen molar-refractivity contribution in [3.8, 4) is 0 Å². The molecular formula is C22H26N2O2. The Bertz CT molecular complexity index is 788. The van der Waals surface area contributed by atoms with E-state index >= 15 is 0 Å². The van der Waals surface area contributed by atoms with Crippen molar-refractivity contribution in [2.75, 3.05) is 7.05 Å². The van der Waals surface area contributed by atoms with Crippen LogP contribution >= 0.6 is 0 Å². The summed E-state index contributed by atoms with van der Waals surface area (Å²) < 4.78 is 0. The van der Waals surface area contributed by atoms with Crippen molar-refractivity contribution in [2.24, 2.45) is 5.92 Å². The van der Waals surface area contributed by atoms with Gasteiger partial charge in [0, 0.05) is 11.1 Å². The first-order chi connectivity index (χ1) is 12.6. The number of amides is 1. The van der Waals surface area contributed by atoms with Gasteiger partial charge < -0.3 is 5.32 Å². The van der Waals surface area contributed by atoms with E-state index in [0.29, 0.717) is 11.1 Å². The first-order valence-corrected chi connectivity index (χ1v) is 9.24. The molecule has 2 aromatic rings. The Kier molecular flexibility index (Phi) is 5.52. The largest absolute Gasteiger partial charge is 0.333 e. The molecule has 1 amide bonds. The van der Waals surface area contributed by atoms with Crippen molar-refractivity contribution in [1.82, 2.24) is 10.6 Å². The van der Waals surface area contributed by atoms with Gasteiger partial charge in [-0.2, -0.15) is 0 Å². The Labute approximate surface area is 155 Å². The number of nitrogens with one attached hydrogen (secondary N) is 2. The summed E-state index contributed by atoms with van der Waals surface area (Å²) in [4.78, 5) is 26.1. The maximum absolute atomic E-state index is 13.2. The van der Waals surface area contributed by atoms with Crippen molar-refractivity contribution in [3.05, 3.63) is 71.3 Å². The van der Waals surface area contributed by atoms with Crippen LogP contribution in [-0.4, -0.2) is 24.4 Å². The van der Waals surface area contributed by atoms with E-state index in [4.69, 9.17) is 0 Å². The number of aryl methyl sites for hydroxylation is 1. The van der Waals surface area contributed by atoms with Gasteiger partial charge in [0.05, 0.1) is 5.92 Å². The lowest BCUT2D eigenvalue weighted by Crippen LogP contribution is -2.65. The molecule has 26 heavy (non-hydrogen) atoms. The molecule has 0 heterocycles.